The number of carbonyl (C=O) groups is 1. The highest BCUT2D eigenvalue weighted by molar-refractivity contribution is 5.96. The van der Waals surface area contributed by atoms with Crippen LogP contribution in [0.3, 0.4) is 0 Å². The Hall–Kier alpha value is -2.56. The van der Waals surface area contributed by atoms with Crippen LogP contribution in [-0.4, -0.2) is 25.1 Å². The number of pyridine rings is 1. The number of hydrogen-bond acceptors (Lipinski definition) is 4. The van der Waals surface area contributed by atoms with Gasteiger partial charge in [0.2, 0.25) is 0 Å². The molecule has 0 saturated heterocycles. The normalized spacial score (nSPS) is 10.0. The van der Waals surface area contributed by atoms with Gasteiger partial charge in [0.15, 0.2) is 11.5 Å². The van der Waals surface area contributed by atoms with Gasteiger partial charge in [-0.3, -0.25) is 9.78 Å². The first-order chi connectivity index (χ1) is 10.2. The summed E-state index contributed by atoms with van der Waals surface area (Å²) in [6.07, 6.45) is 3.40. The molecule has 0 radical (unpaired) electrons. The van der Waals surface area contributed by atoms with Gasteiger partial charge in [0.1, 0.15) is 0 Å². The van der Waals surface area contributed by atoms with Crippen molar-refractivity contribution in [1.82, 2.24) is 10.3 Å². The second kappa shape index (κ2) is 6.74. The highest BCUT2D eigenvalue weighted by Crippen LogP contribution is 2.30. The van der Waals surface area contributed by atoms with Gasteiger partial charge in [0.05, 0.1) is 14.2 Å². The highest BCUT2D eigenvalue weighted by Gasteiger charge is 2.14. The lowest BCUT2D eigenvalue weighted by Crippen LogP contribution is -2.23. The van der Waals surface area contributed by atoms with Crippen LogP contribution in [0.1, 0.15) is 21.5 Å². The summed E-state index contributed by atoms with van der Waals surface area (Å²) in [5.41, 5.74) is 2.40. The maximum absolute atomic E-state index is 12.3. The first-order valence-electron chi connectivity index (χ1n) is 6.55. The van der Waals surface area contributed by atoms with Gasteiger partial charge >= 0.3 is 0 Å². The molecule has 21 heavy (non-hydrogen) atoms. The molecule has 0 aliphatic carbocycles. The Kier molecular flexibility index (Phi) is 4.77. The maximum atomic E-state index is 12.3. The maximum Gasteiger partial charge on any atom is 0.251 e. The van der Waals surface area contributed by atoms with Crippen molar-refractivity contribution in [3.05, 3.63) is 53.3 Å². The fraction of sp³-hybridized carbons (Fsp3) is 0.250. The van der Waals surface area contributed by atoms with Gasteiger partial charge in [-0.25, -0.2) is 0 Å². The molecule has 1 N–H and O–H groups in total. The highest BCUT2D eigenvalue weighted by atomic mass is 16.5. The van der Waals surface area contributed by atoms with Crippen molar-refractivity contribution in [3.63, 3.8) is 0 Å². The van der Waals surface area contributed by atoms with Crippen molar-refractivity contribution in [2.45, 2.75) is 13.5 Å². The molecule has 1 amide bonds. The molecule has 0 bridgehead atoms. The third kappa shape index (κ3) is 3.51. The summed E-state index contributed by atoms with van der Waals surface area (Å²) in [7, 11) is 3.12. The Bertz CT molecular complexity index is 627. The van der Waals surface area contributed by atoms with Gasteiger partial charge < -0.3 is 14.8 Å². The number of nitrogens with one attached hydrogen (secondary N) is 1. The van der Waals surface area contributed by atoms with Crippen LogP contribution in [0.15, 0.2) is 36.7 Å². The quantitative estimate of drug-likeness (QED) is 0.916. The molecule has 1 aromatic carbocycles. The predicted octanol–water partition coefficient (Wildman–Crippen LogP) is 2.34. The average molecular weight is 286 g/mol. The van der Waals surface area contributed by atoms with E-state index in [1.165, 1.54) is 0 Å². The van der Waals surface area contributed by atoms with E-state index in [0.717, 1.165) is 11.1 Å². The topological polar surface area (TPSA) is 60.5 Å². The largest absolute Gasteiger partial charge is 0.493 e. The number of ether oxygens (including phenoxy) is 2. The van der Waals surface area contributed by atoms with Crippen molar-refractivity contribution in [2.24, 2.45) is 0 Å². The number of amides is 1. The third-order valence-electron chi connectivity index (χ3n) is 3.18. The lowest BCUT2D eigenvalue weighted by molar-refractivity contribution is 0.0950. The molecular formula is C16H18N2O3. The van der Waals surface area contributed by atoms with E-state index in [1.807, 2.05) is 19.1 Å². The van der Waals surface area contributed by atoms with Crippen LogP contribution in [0.4, 0.5) is 0 Å². The van der Waals surface area contributed by atoms with Crippen molar-refractivity contribution < 1.29 is 14.3 Å². The first-order valence-corrected chi connectivity index (χ1v) is 6.55. The molecule has 2 aromatic rings. The number of aryl methyl sites for hydroxylation is 1. The molecule has 2 rings (SSSR count). The molecule has 0 fully saturated rings. The van der Waals surface area contributed by atoms with Crippen LogP contribution in [0.25, 0.3) is 0 Å². The smallest absolute Gasteiger partial charge is 0.251 e. The van der Waals surface area contributed by atoms with Crippen molar-refractivity contribution in [3.8, 4) is 11.5 Å². The van der Waals surface area contributed by atoms with Gasteiger partial charge in [-0.05, 0) is 42.3 Å². The van der Waals surface area contributed by atoms with E-state index < -0.39 is 0 Å². The van der Waals surface area contributed by atoms with E-state index in [9.17, 15) is 4.79 Å². The van der Waals surface area contributed by atoms with Gasteiger partial charge in [-0.2, -0.15) is 0 Å². The minimum Gasteiger partial charge on any atom is -0.493 e. The Morgan fingerprint density at radius 2 is 1.76 bits per heavy atom. The van der Waals surface area contributed by atoms with E-state index in [2.05, 4.69) is 10.3 Å². The number of rotatable bonds is 5. The van der Waals surface area contributed by atoms with Crippen molar-refractivity contribution >= 4 is 5.91 Å². The number of benzene rings is 1. The van der Waals surface area contributed by atoms with Crippen LogP contribution in [0.5, 0.6) is 11.5 Å². The molecule has 1 aromatic heterocycles. The summed E-state index contributed by atoms with van der Waals surface area (Å²) in [5.74, 6) is 1.00. The lowest BCUT2D eigenvalue weighted by atomic mass is 10.1. The summed E-state index contributed by atoms with van der Waals surface area (Å²) in [6, 6.07) is 7.21. The van der Waals surface area contributed by atoms with E-state index in [4.69, 9.17) is 9.47 Å². The summed E-state index contributed by atoms with van der Waals surface area (Å²) in [4.78, 5) is 16.2. The fourth-order valence-electron chi connectivity index (χ4n) is 2.00. The first kappa shape index (κ1) is 14.8. The second-order valence-corrected chi connectivity index (χ2v) is 4.56. The number of aromatic nitrogens is 1. The molecule has 5 heteroatoms. The minimum atomic E-state index is -0.148. The summed E-state index contributed by atoms with van der Waals surface area (Å²) in [6.45, 7) is 2.32. The zero-order valence-electron chi connectivity index (χ0n) is 12.3. The number of hydrogen-bond donors (Lipinski definition) is 1. The predicted molar refractivity (Wildman–Crippen MR) is 79.7 cm³/mol. The monoisotopic (exact) mass is 286 g/mol. The number of carbonyl (C=O) groups excluding carboxylic acids is 1. The molecule has 0 spiro atoms. The molecule has 0 atom stereocenters. The zero-order valence-corrected chi connectivity index (χ0v) is 12.3. The summed E-state index contributed by atoms with van der Waals surface area (Å²) < 4.78 is 10.4. The molecule has 0 unspecified atom stereocenters. The van der Waals surface area contributed by atoms with Crippen LogP contribution >= 0.6 is 0 Å². The van der Waals surface area contributed by atoms with E-state index in [-0.39, 0.29) is 5.91 Å². The van der Waals surface area contributed by atoms with Crippen molar-refractivity contribution in [2.75, 3.05) is 14.2 Å². The van der Waals surface area contributed by atoms with Crippen LogP contribution < -0.4 is 14.8 Å². The molecule has 110 valence electrons. The van der Waals surface area contributed by atoms with Gasteiger partial charge in [0, 0.05) is 24.5 Å². The lowest BCUT2D eigenvalue weighted by Gasteiger charge is -2.13. The number of methoxy groups -OCH3 is 2. The molecular weight excluding hydrogens is 268 g/mol. The molecule has 0 aliphatic rings. The van der Waals surface area contributed by atoms with E-state index in [0.29, 0.717) is 23.6 Å². The minimum absolute atomic E-state index is 0.148. The van der Waals surface area contributed by atoms with E-state index in [1.54, 1.807) is 38.7 Å². The summed E-state index contributed by atoms with van der Waals surface area (Å²) in [5, 5.41) is 2.88. The standard InChI is InChI=1S/C16H18N2O3/c1-11-8-14(20-2)15(21-3)9-13(11)16(19)18-10-12-4-6-17-7-5-12/h4-9H,10H2,1-3H3,(H,18,19). The van der Waals surface area contributed by atoms with Crippen LogP contribution in [0.2, 0.25) is 0 Å². The van der Waals surface area contributed by atoms with Gasteiger partial charge in [0.25, 0.3) is 5.91 Å². The second-order valence-electron chi connectivity index (χ2n) is 4.56. The van der Waals surface area contributed by atoms with Gasteiger partial charge in [-0.15, -0.1) is 0 Å². The number of nitrogens with zero attached hydrogens (tertiary/aromatic N) is 1. The van der Waals surface area contributed by atoms with E-state index >= 15 is 0 Å². The molecule has 5 nitrogen and oxygen atoms in total. The van der Waals surface area contributed by atoms with Crippen LogP contribution in [0, 0.1) is 6.92 Å². The molecule has 1 heterocycles. The van der Waals surface area contributed by atoms with Gasteiger partial charge in [-0.1, -0.05) is 0 Å². The summed E-state index contributed by atoms with van der Waals surface area (Å²) >= 11 is 0. The zero-order chi connectivity index (χ0) is 15.2. The molecule has 0 saturated carbocycles. The Morgan fingerprint density at radius 1 is 1.14 bits per heavy atom. The Morgan fingerprint density at radius 3 is 2.38 bits per heavy atom. The average Bonchev–Trinajstić information content (AvgIpc) is 2.53. The Balaban J connectivity index is 2.15. The SMILES string of the molecule is COc1cc(C)c(C(=O)NCc2ccncc2)cc1OC. The van der Waals surface area contributed by atoms with Crippen molar-refractivity contribution in [1.29, 1.82) is 0 Å². The van der Waals surface area contributed by atoms with Crippen LogP contribution in [-0.2, 0) is 6.54 Å². The fourth-order valence-corrected chi connectivity index (χ4v) is 2.00. The molecule has 0 aliphatic heterocycles. The Labute approximate surface area is 123 Å². The third-order valence-corrected chi connectivity index (χ3v) is 3.18.